The van der Waals surface area contributed by atoms with Gasteiger partial charge in [-0.3, -0.25) is 9.59 Å². The summed E-state index contributed by atoms with van der Waals surface area (Å²) in [6.07, 6.45) is -0.0112. The molecular formula is C20H33N3O9. The average molecular weight is 459 g/mol. The number of nitrogens with zero attached hydrogens (tertiary/aromatic N) is 1. The normalized spacial score (nSPS) is 17.8. The predicted molar refractivity (Wildman–Crippen MR) is 111 cm³/mol. The van der Waals surface area contributed by atoms with E-state index >= 15 is 0 Å². The second-order valence-electron chi connectivity index (χ2n) is 8.59. The Bertz CT molecular complexity index is 705. The summed E-state index contributed by atoms with van der Waals surface area (Å²) in [6.45, 7) is 7.27. The van der Waals surface area contributed by atoms with E-state index in [-0.39, 0.29) is 19.1 Å². The van der Waals surface area contributed by atoms with Crippen LogP contribution in [0.4, 0.5) is 9.59 Å². The van der Waals surface area contributed by atoms with Gasteiger partial charge in [0.1, 0.15) is 17.7 Å². The highest BCUT2D eigenvalue weighted by atomic mass is 16.6. The number of hydrogen-bond donors (Lipinski definition) is 4. The van der Waals surface area contributed by atoms with E-state index in [0.29, 0.717) is 13.0 Å². The molecule has 32 heavy (non-hydrogen) atoms. The largest absolute Gasteiger partial charge is 0.481 e. The predicted octanol–water partition coefficient (Wildman–Crippen LogP) is 1.32. The van der Waals surface area contributed by atoms with Crippen LogP contribution >= 0.6 is 0 Å². The minimum atomic E-state index is -1.39. The number of ether oxygens (including phenoxy) is 2. The van der Waals surface area contributed by atoms with Gasteiger partial charge in [0.05, 0.1) is 6.61 Å². The molecule has 4 N–H and O–H groups in total. The van der Waals surface area contributed by atoms with Crippen LogP contribution in [0.25, 0.3) is 0 Å². The van der Waals surface area contributed by atoms with Crippen LogP contribution in [-0.4, -0.2) is 82.0 Å². The third-order valence-corrected chi connectivity index (χ3v) is 4.68. The van der Waals surface area contributed by atoms with Crippen molar-refractivity contribution in [1.29, 1.82) is 0 Å². The van der Waals surface area contributed by atoms with Gasteiger partial charge in [-0.25, -0.2) is 14.4 Å². The second kappa shape index (κ2) is 12.1. The molecule has 0 spiro atoms. The van der Waals surface area contributed by atoms with Gasteiger partial charge in [-0.15, -0.1) is 0 Å². The molecule has 1 heterocycles. The first-order valence-corrected chi connectivity index (χ1v) is 10.5. The lowest BCUT2D eigenvalue weighted by Gasteiger charge is -2.28. The average Bonchev–Trinajstić information content (AvgIpc) is 3.11. The van der Waals surface area contributed by atoms with Gasteiger partial charge in [0.25, 0.3) is 0 Å². The molecule has 1 saturated heterocycles. The van der Waals surface area contributed by atoms with E-state index < -0.39 is 54.1 Å². The number of carbonyl (C=O) groups is 5. The Balaban J connectivity index is 2.43. The Kier molecular flexibility index (Phi) is 10.2. The molecule has 0 bridgehead atoms. The van der Waals surface area contributed by atoms with Crippen molar-refractivity contribution in [2.45, 2.75) is 83.5 Å². The highest BCUT2D eigenvalue weighted by Gasteiger charge is 2.32. The molecule has 3 atom stereocenters. The van der Waals surface area contributed by atoms with Crippen molar-refractivity contribution in [3.8, 4) is 0 Å². The zero-order valence-corrected chi connectivity index (χ0v) is 18.9. The van der Waals surface area contributed by atoms with Crippen LogP contribution < -0.4 is 10.6 Å². The van der Waals surface area contributed by atoms with E-state index in [1.807, 2.05) is 0 Å². The number of hydrogen-bond acceptors (Lipinski definition) is 7. The summed E-state index contributed by atoms with van der Waals surface area (Å²) in [5, 5.41) is 22.2. The fourth-order valence-electron chi connectivity index (χ4n) is 3.09. The summed E-state index contributed by atoms with van der Waals surface area (Å²) in [6, 6.07) is -2.61. The van der Waals surface area contributed by atoms with Crippen molar-refractivity contribution in [1.82, 2.24) is 15.5 Å². The van der Waals surface area contributed by atoms with E-state index in [2.05, 4.69) is 10.6 Å². The number of aliphatic carboxylic acids is 2. The lowest BCUT2D eigenvalue weighted by atomic mass is 10.1. The van der Waals surface area contributed by atoms with Crippen LogP contribution in [0.15, 0.2) is 0 Å². The fourth-order valence-corrected chi connectivity index (χ4v) is 3.09. The first kappa shape index (κ1) is 27.0. The molecule has 12 nitrogen and oxygen atoms in total. The number of carboxylic acids is 2. The molecule has 0 unspecified atom stereocenters. The highest BCUT2D eigenvalue weighted by molar-refractivity contribution is 5.89. The lowest BCUT2D eigenvalue weighted by molar-refractivity contribution is -0.143. The maximum absolute atomic E-state index is 12.3. The van der Waals surface area contributed by atoms with Crippen LogP contribution in [0.1, 0.15) is 59.8 Å². The lowest BCUT2D eigenvalue weighted by Crippen LogP contribution is -2.50. The van der Waals surface area contributed by atoms with Crippen molar-refractivity contribution in [3.05, 3.63) is 0 Å². The summed E-state index contributed by atoms with van der Waals surface area (Å²) >= 11 is 0. The van der Waals surface area contributed by atoms with Gasteiger partial charge in [-0.2, -0.15) is 0 Å². The van der Waals surface area contributed by atoms with Crippen molar-refractivity contribution < 1.29 is 43.7 Å². The van der Waals surface area contributed by atoms with Gasteiger partial charge >= 0.3 is 24.1 Å². The Labute approximate surface area is 186 Å². The molecule has 12 heteroatoms. The smallest absolute Gasteiger partial charge is 0.410 e. The monoisotopic (exact) mass is 459 g/mol. The molecule has 0 radical (unpaired) electrons. The summed E-state index contributed by atoms with van der Waals surface area (Å²) in [7, 11) is 0. The fraction of sp³-hybridized carbons (Fsp3) is 0.750. The molecule has 0 saturated carbocycles. The molecule has 3 amide bonds. The van der Waals surface area contributed by atoms with Crippen molar-refractivity contribution >= 4 is 30.0 Å². The van der Waals surface area contributed by atoms with E-state index in [1.54, 1.807) is 25.7 Å². The van der Waals surface area contributed by atoms with E-state index in [0.717, 1.165) is 12.8 Å². The first-order valence-electron chi connectivity index (χ1n) is 10.5. The molecule has 182 valence electrons. The van der Waals surface area contributed by atoms with E-state index in [1.165, 1.54) is 6.92 Å². The van der Waals surface area contributed by atoms with Crippen molar-refractivity contribution in [3.63, 3.8) is 0 Å². The van der Waals surface area contributed by atoms with Crippen LogP contribution in [0.5, 0.6) is 0 Å². The van der Waals surface area contributed by atoms with E-state index in [4.69, 9.17) is 19.7 Å². The topological polar surface area (TPSA) is 172 Å². The zero-order valence-electron chi connectivity index (χ0n) is 18.9. The number of nitrogens with one attached hydrogen (secondary N) is 2. The Morgan fingerprint density at radius 2 is 1.78 bits per heavy atom. The number of alkyl carbamates (subject to hydrolysis) is 1. The van der Waals surface area contributed by atoms with Crippen LogP contribution in [-0.2, 0) is 23.9 Å². The summed E-state index contributed by atoms with van der Waals surface area (Å²) in [4.78, 5) is 59.7. The highest BCUT2D eigenvalue weighted by Crippen LogP contribution is 2.23. The van der Waals surface area contributed by atoms with Gasteiger partial charge in [-0.05, 0) is 47.0 Å². The second-order valence-corrected chi connectivity index (χ2v) is 8.59. The van der Waals surface area contributed by atoms with E-state index in [9.17, 15) is 24.0 Å². The molecule has 1 rings (SSSR count). The molecule has 0 aromatic rings. The number of likely N-dealkylation sites (tertiary alicyclic amines) is 1. The SMILES string of the molecule is C[C@H](NC(=O)OCC[C@@H]1CCCN1C(=O)OC(C)(C)C)C(=O)N[C@@H](CCC(=O)O)C(=O)O. The Morgan fingerprint density at radius 3 is 2.34 bits per heavy atom. The molecular weight excluding hydrogens is 426 g/mol. The first-order chi connectivity index (χ1) is 14.8. The zero-order chi connectivity index (χ0) is 24.5. The third kappa shape index (κ3) is 9.84. The van der Waals surface area contributed by atoms with Gasteiger partial charge < -0.3 is 35.2 Å². The molecule has 0 aromatic carbocycles. The van der Waals surface area contributed by atoms with Gasteiger partial charge in [0, 0.05) is 25.4 Å². The number of rotatable bonds is 10. The molecule has 1 aliphatic rings. The Morgan fingerprint density at radius 1 is 1.12 bits per heavy atom. The minimum absolute atomic E-state index is 0.0144. The molecule has 1 aliphatic heterocycles. The molecule has 1 fully saturated rings. The number of carbonyl (C=O) groups excluding carboxylic acids is 3. The van der Waals surface area contributed by atoms with Crippen LogP contribution in [0.2, 0.25) is 0 Å². The maximum Gasteiger partial charge on any atom is 0.410 e. The minimum Gasteiger partial charge on any atom is -0.481 e. The summed E-state index contributed by atoms with van der Waals surface area (Å²) in [5.74, 6) is -3.35. The van der Waals surface area contributed by atoms with Gasteiger partial charge in [0.2, 0.25) is 5.91 Å². The quantitative estimate of drug-likeness (QED) is 0.376. The standard InChI is InChI=1S/C20H33N3O9/c1-12(16(26)22-14(17(27)28)7-8-15(24)25)21-18(29)31-11-9-13-6-5-10-23(13)19(30)32-20(2,3)4/h12-14H,5-11H2,1-4H3,(H,21,29)(H,22,26)(H,24,25)(H,27,28)/t12-,13-,14-/m0/s1. The van der Waals surface area contributed by atoms with Gasteiger partial charge in [0.15, 0.2) is 0 Å². The summed E-state index contributed by atoms with van der Waals surface area (Å²) < 4.78 is 10.5. The molecule has 0 aliphatic carbocycles. The molecule has 0 aromatic heterocycles. The number of carboxylic acid groups (broad SMARTS) is 2. The Hall–Kier alpha value is -3.05. The van der Waals surface area contributed by atoms with Crippen LogP contribution in [0.3, 0.4) is 0 Å². The maximum atomic E-state index is 12.3. The van der Waals surface area contributed by atoms with Crippen molar-refractivity contribution in [2.75, 3.05) is 13.2 Å². The van der Waals surface area contributed by atoms with Gasteiger partial charge in [-0.1, -0.05) is 0 Å². The number of amides is 3. The third-order valence-electron chi connectivity index (χ3n) is 4.68. The summed E-state index contributed by atoms with van der Waals surface area (Å²) in [5.41, 5.74) is -0.607. The van der Waals surface area contributed by atoms with Crippen LogP contribution in [0, 0.1) is 0 Å². The van der Waals surface area contributed by atoms with Crippen molar-refractivity contribution in [2.24, 2.45) is 0 Å².